The van der Waals surface area contributed by atoms with Gasteiger partial charge >= 0.3 is 0 Å². The number of hydrogen-bond donors (Lipinski definition) is 0. The average Bonchev–Trinajstić information content (AvgIpc) is 2.65. The molecule has 0 amide bonds. The molecular formula is C10H9BrN2O. The maximum Gasteiger partial charge on any atom is 0.119 e. The van der Waals surface area contributed by atoms with Crippen LogP contribution in [0.4, 0.5) is 0 Å². The highest BCUT2D eigenvalue weighted by atomic mass is 79.9. The highest BCUT2D eigenvalue weighted by molar-refractivity contribution is 9.10. The van der Waals surface area contributed by atoms with Gasteiger partial charge in [-0.05, 0) is 40.2 Å². The Balaban J connectivity index is 2.39. The lowest BCUT2D eigenvalue weighted by atomic mass is 10.3. The maximum absolute atomic E-state index is 5.08. The van der Waals surface area contributed by atoms with Crippen LogP contribution in [0.3, 0.4) is 0 Å². The molecule has 1 heterocycles. The molecule has 0 radical (unpaired) electrons. The minimum absolute atomic E-state index is 0.852. The van der Waals surface area contributed by atoms with E-state index in [4.69, 9.17) is 4.74 Å². The third-order valence-corrected chi connectivity index (χ3v) is 2.53. The van der Waals surface area contributed by atoms with Crippen molar-refractivity contribution >= 4 is 15.9 Å². The minimum Gasteiger partial charge on any atom is -0.497 e. The van der Waals surface area contributed by atoms with Gasteiger partial charge in [-0.3, -0.25) is 4.57 Å². The molecule has 2 rings (SSSR count). The number of nitrogens with zero attached hydrogens (tertiary/aromatic N) is 2. The zero-order valence-electron chi connectivity index (χ0n) is 7.64. The largest absolute Gasteiger partial charge is 0.497 e. The molecule has 0 unspecified atom stereocenters. The quantitative estimate of drug-likeness (QED) is 0.822. The second kappa shape index (κ2) is 3.84. The predicted octanol–water partition coefficient (Wildman–Crippen LogP) is 2.64. The summed E-state index contributed by atoms with van der Waals surface area (Å²) >= 11 is 3.41. The number of methoxy groups -OCH3 is 1. The molecule has 0 saturated carbocycles. The molecule has 2 aromatic rings. The van der Waals surface area contributed by atoms with Gasteiger partial charge in [-0.25, -0.2) is 4.98 Å². The van der Waals surface area contributed by atoms with Crippen molar-refractivity contribution in [2.75, 3.05) is 7.11 Å². The predicted molar refractivity (Wildman–Crippen MR) is 57.8 cm³/mol. The van der Waals surface area contributed by atoms with Crippen LogP contribution in [-0.4, -0.2) is 16.7 Å². The first-order chi connectivity index (χ1) is 6.81. The first-order valence-corrected chi connectivity index (χ1v) is 4.93. The molecule has 1 aromatic heterocycles. The number of rotatable bonds is 2. The van der Waals surface area contributed by atoms with Crippen molar-refractivity contribution in [2.24, 2.45) is 0 Å². The zero-order chi connectivity index (χ0) is 9.97. The summed E-state index contributed by atoms with van der Waals surface area (Å²) in [4.78, 5) is 4.03. The van der Waals surface area contributed by atoms with Crippen molar-refractivity contribution in [3.8, 4) is 11.4 Å². The van der Waals surface area contributed by atoms with Crippen LogP contribution in [-0.2, 0) is 0 Å². The van der Waals surface area contributed by atoms with Crippen LogP contribution < -0.4 is 4.74 Å². The van der Waals surface area contributed by atoms with Gasteiger partial charge in [0, 0.05) is 5.69 Å². The number of imidazole rings is 1. The lowest BCUT2D eigenvalue weighted by Crippen LogP contribution is -1.91. The minimum atomic E-state index is 0.852. The third-order valence-electron chi connectivity index (χ3n) is 1.94. The van der Waals surface area contributed by atoms with Crippen molar-refractivity contribution < 1.29 is 4.74 Å². The van der Waals surface area contributed by atoms with Crippen molar-refractivity contribution in [1.29, 1.82) is 0 Å². The Kier molecular flexibility index (Phi) is 2.54. The fourth-order valence-electron chi connectivity index (χ4n) is 1.21. The normalized spacial score (nSPS) is 10.1. The van der Waals surface area contributed by atoms with E-state index in [1.165, 1.54) is 0 Å². The van der Waals surface area contributed by atoms with Crippen molar-refractivity contribution in [3.63, 3.8) is 0 Å². The summed E-state index contributed by atoms with van der Waals surface area (Å²) in [5.74, 6) is 0.852. The molecule has 1 aromatic carbocycles. The molecular weight excluding hydrogens is 244 g/mol. The topological polar surface area (TPSA) is 27.1 Å². The summed E-state index contributed by atoms with van der Waals surface area (Å²) in [7, 11) is 1.65. The van der Waals surface area contributed by atoms with E-state index in [0.29, 0.717) is 0 Å². The second-order valence-corrected chi connectivity index (χ2v) is 3.60. The molecule has 0 bridgehead atoms. The Bertz CT molecular complexity index is 422. The third kappa shape index (κ3) is 1.65. The van der Waals surface area contributed by atoms with Gasteiger partial charge in [0.1, 0.15) is 16.7 Å². The van der Waals surface area contributed by atoms with Crippen LogP contribution in [0.1, 0.15) is 0 Å². The molecule has 0 atom stereocenters. The number of hydrogen-bond acceptors (Lipinski definition) is 2. The van der Waals surface area contributed by atoms with Gasteiger partial charge in [-0.1, -0.05) is 0 Å². The SMILES string of the molecule is COc1ccc(-n2cncc2Br)cc1. The van der Waals surface area contributed by atoms with E-state index in [-0.39, 0.29) is 0 Å². The number of ether oxygens (including phenoxy) is 1. The van der Waals surface area contributed by atoms with Gasteiger partial charge < -0.3 is 4.74 Å². The second-order valence-electron chi connectivity index (χ2n) is 2.78. The van der Waals surface area contributed by atoms with Crippen LogP contribution >= 0.6 is 15.9 Å². The van der Waals surface area contributed by atoms with Crippen LogP contribution in [0.15, 0.2) is 41.4 Å². The summed E-state index contributed by atoms with van der Waals surface area (Å²) < 4.78 is 7.96. The van der Waals surface area contributed by atoms with Crippen LogP contribution in [0.25, 0.3) is 5.69 Å². The standard InChI is InChI=1S/C10H9BrN2O/c1-14-9-4-2-8(3-5-9)13-7-12-6-10(13)11/h2-7H,1H3. The summed E-state index contributed by atoms with van der Waals surface area (Å²) in [5.41, 5.74) is 1.05. The molecule has 72 valence electrons. The average molecular weight is 253 g/mol. The summed E-state index contributed by atoms with van der Waals surface area (Å²) in [6.07, 6.45) is 3.51. The van der Waals surface area contributed by atoms with E-state index < -0.39 is 0 Å². The molecule has 0 aliphatic carbocycles. The highest BCUT2D eigenvalue weighted by Gasteiger charge is 2.00. The summed E-state index contributed by atoms with van der Waals surface area (Å²) in [6.45, 7) is 0. The van der Waals surface area contributed by atoms with Crippen molar-refractivity contribution in [3.05, 3.63) is 41.4 Å². The molecule has 4 heteroatoms. The van der Waals surface area contributed by atoms with Gasteiger partial charge in [0.15, 0.2) is 0 Å². The number of benzene rings is 1. The summed E-state index contributed by atoms with van der Waals surface area (Å²) in [6, 6.07) is 7.79. The molecule has 3 nitrogen and oxygen atoms in total. The molecule has 0 aliphatic rings. The van der Waals surface area contributed by atoms with Gasteiger partial charge in [0.2, 0.25) is 0 Å². The molecule has 0 fully saturated rings. The molecule has 14 heavy (non-hydrogen) atoms. The molecule has 0 N–H and O–H groups in total. The molecule has 0 saturated heterocycles. The fraction of sp³-hybridized carbons (Fsp3) is 0.100. The van der Waals surface area contributed by atoms with Gasteiger partial charge in [0.05, 0.1) is 13.3 Å². The highest BCUT2D eigenvalue weighted by Crippen LogP contribution is 2.18. The smallest absolute Gasteiger partial charge is 0.119 e. The number of halogens is 1. The van der Waals surface area contributed by atoms with E-state index in [1.807, 2.05) is 28.8 Å². The first-order valence-electron chi connectivity index (χ1n) is 4.13. The van der Waals surface area contributed by atoms with E-state index in [1.54, 1.807) is 19.6 Å². The number of aromatic nitrogens is 2. The molecule has 0 spiro atoms. The van der Waals surface area contributed by atoms with Crippen LogP contribution in [0.2, 0.25) is 0 Å². The Morgan fingerprint density at radius 1 is 1.29 bits per heavy atom. The van der Waals surface area contributed by atoms with Gasteiger partial charge in [-0.2, -0.15) is 0 Å². The maximum atomic E-state index is 5.08. The Morgan fingerprint density at radius 2 is 2.00 bits per heavy atom. The monoisotopic (exact) mass is 252 g/mol. The van der Waals surface area contributed by atoms with E-state index >= 15 is 0 Å². The summed E-state index contributed by atoms with van der Waals surface area (Å²) in [5, 5.41) is 0. The molecule has 0 aliphatic heterocycles. The lowest BCUT2D eigenvalue weighted by Gasteiger charge is -2.04. The Morgan fingerprint density at radius 3 is 2.50 bits per heavy atom. The van der Waals surface area contributed by atoms with Crippen LogP contribution in [0, 0.1) is 0 Å². The van der Waals surface area contributed by atoms with Crippen molar-refractivity contribution in [1.82, 2.24) is 9.55 Å². The first kappa shape index (κ1) is 9.27. The van der Waals surface area contributed by atoms with E-state index in [0.717, 1.165) is 16.0 Å². The van der Waals surface area contributed by atoms with Crippen molar-refractivity contribution in [2.45, 2.75) is 0 Å². The zero-order valence-corrected chi connectivity index (χ0v) is 9.23. The lowest BCUT2D eigenvalue weighted by molar-refractivity contribution is 0.414. The van der Waals surface area contributed by atoms with Crippen LogP contribution in [0.5, 0.6) is 5.75 Å². The Hall–Kier alpha value is -1.29. The fourth-order valence-corrected chi connectivity index (χ4v) is 1.63. The van der Waals surface area contributed by atoms with E-state index in [9.17, 15) is 0 Å². The van der Waals surface area contributed by atoms with E-state index in [2.05, 4.69) is 20.9 Å². The van der Waals surface area contributed by atoms with Gasteiger partial charge in [0.25, 0.3) is 0 Å². The van der Waals surface area contributed by atoms with Gasteiger partial charge in [-0.15, -0.1) is 0 Å². The Labute approximate surface area is 90.5 Å².